The summed E-state index contributed by atoms with van der Waals surface area (Å²) in [5.41, 5.74) is -0.223. The highest BCUT2D eigenvalue weighted by Gasteiger charge is 2.18. The molecule has 2 aromatic carbocycles. The molecule has 2 rings (SSSR count). The number of hydrogen-bond acceptors (Lipinski definition) is 2. The molecule has 5 heteroatoms. The first-order valence-electron chi connectivity index (χ1n) is 6.72. The van der Waals surface area contributed by atoms with E-state index in [4.69, 9.17) is 9.47 Å². The van der Waals surface area contributed by atoms with Crippen LogP contribution in [-0.4, -0.2) is 13.2 Å². The molecule has 0 aliphatic carbocycles. The van der Waals surface area contributed by atoms with Crippen LogP contribution in [0.15, 0.2) is 43.0 Å². The summed E-state index contributed by atoms with van der Waals surface area (Å²) < 4.78 is 52.2. The van der Waals surface area contributed by atoms with Crippen LogP contribution in [0.25, 0.3) is 11.1 Å². The first kappa shape index (κ1) is 15.9. The van der Waals surface area contributed by atoms with Gasteiger partial charge in [-0.25, -0.2) is 8.78 Å². The molecule has 0 bridgehead atoms. The Hall–Kier alpha value is -2.43. The van der Waals surface area contributed by atoms with Crippen molar-refractivity contribution in [2.75, 3.05) is 13.2 Å². The van der Waals surface area contributed by atoms with Crippen molar-refractivity contribution in [1.82, 2.24) is 0 Å². The van der Waals surface area contributed by atoms with Gasteiger partial charge in [0.15, 0.2) is 11.6 Å². The molecule has 0 heterocycles. The SMILES string of the molecule is C=CCOc1ccc(-c2ccc(OCC)c(F)c2F)c(F)c1. The maximum atomic E-state index is 14.1. The van der Waals surface area contributed by atoms with Gasteiger partial charge in [-0.1, -0.05) is 12.7 Å². The lowest BCUT2D eigenvalue weighted by Gasteiger charge is -2.11. The van der Waals surface area contributed by atoms with E-state index in [0.717, 1.165) is 6.07 Å². The van der Waals surface area contributed by atoms with Crippen molar-refractivity contribution < 1.29 is 22.6 Å². The molecule has 0 amide bonds. The van der Waals surface area contributed by atoms with Crippen LogP contribution >= 0.6 is 0 Å². The number of ether oxygens (including phenoxy) is 2. The van der Waals surface area contributed by atoms with E-state index in [1.807, 2.05) is 0 Å². The van der Waals surface area contributed by atoms with E-state index in [0.29, 0.717) is 0 Å². The fourth-order valence-electron chi connectivity index (χ4n) is 1.97. The molecule has 0 aromatic heterocycles. The summed E-state index contributed by atoms with van der Waals surface area (Å²) in [6.45, 7) is 5.58. The molecule has 0 atom stereocenters. The Morgan fingerprint density at radius 3 is 2.36 bits per heavy atom. The maximum absolute atomic E-state index is 14.1. The highest BCUT2D eigenvalue weighted by atomic mass is 19.2. The van der Waals surface area contributed by atoms with Crippen LogP contribution in [0.3, 0.4) is 0 Å². The summed E-state index contributed by atoms with van der Waals surface area (Å²) in [6, 6.07) is 6.50. The summed E-state index contributed by atoms with van der Waals surface area (Å²) in [5, 5.41) is 0. The Labute approximate surface area is 126 Å². The van der Waals surface area contributed by atoms with Gasteiger partial charge in [0.25, 0.3) is 0 Å². The van der Waals surface area contributed by atoms with Crippen LogP contribution in [-0.2, 0) is 0 Å². The quantitative estimate of drug-likeness (QED) is 0.718. The van der Waals surface area contributed by atoms with E-state index < -0.39 is 17.5 Å². The van der Waals surface area contributed by atoms with Gasteiger partial charge in [-0.15, -0.1) is 0 Å². The molecule has 0 unspecified atom stereocenters. The van der Waals surface area contributed by atoms with E-state index in [-0.39, 0.29) is 35.8 Å². The Morgan fingerprint density at radius 1 is 1.00 bits per heavy atom. The molecule has 116 valence electrons. The second kappa shape index (κ2) is 7.02. The highest BCUT2D eigenvalue weighted by Crippen LogP contribution is 2.32. The summed E-state index contributed by atoms with van der Waals surface area (Å²) in [7, 11) is 0. The van der Waals surface area contributed by atoms with Gasteiger partial charge in [0.2, 0.25) is 5.82 Å². The van der Waals surface area contributed by atoms with Crippen molar-refractivity contribution >= 4 is 0 Å². The predicted molar refractivity (Wildman–Crippen MR) is 78.6 cm³/mol. The molecule has 0 aliphatic rings. The van der Waals surface area contributed by atoms with Crippen LogP contribution in [0.1, 0.15) is 6.92 Å². The fraction of sp³-hybridized carbons (Fsp3) is 0.176. The van der Waals surface area contributed by atoms with E-state index in [1.54, 1.807) is 6.92 Å². The Balaban J connectivity index is 2.39. The number of rotatable bonds is 6. The third kappa shape index (κ3) is 3.24. The van der Waals surface area contributed by atoms with Crippen molar-refractivity contribution in [2.24, 2.45) is 0 Å². The third-order valence-corrected chi connectivity index (χ3v) is 2.95. The number of benzene rings is 2. The predicted octanol–water partition coefficient (Wildman–Crippen LogP) is 4.73. The monoisotopic (exact) mass is 308 g/mol. The summed E-state index contributed by atoms with van der Waals surface area (Å²) >= 11 is 0. The van der Waals surface area contributed by atoms with E-state index in [1.165, 1.54) is 30.3 Å². The van der Waals surface area contributed by atoms with Crippen molar-refractivity contribution in [3.8, 4) is 22.6 Å². The van der Waals surface area contributed by atoms with Crippen LogP contribution in [0.4, 0.5) is 13.2 Å². The first-order chi connectivity index (χ1) is 10.6. The minimum atomic E-state index is -1.15. The largest absolute Gasteiger partial charge is 0.491 e. The second-order valence-corrected chi connectivity index (χ2v) is 4.41. The van der Waals surface area contributed by atoms with Crippen molar-refractivity contribution in [1.29, 1.82) is 0 Å². The lowest BCUT2D eigenvalue weighted by atomic mass is 10.0. The van der Waals surface area contributed by atoms with E-state index >= 15 is 0 Å². The molecule has 0 aliphatic heterocycles. The van der Waals surface area contributed by atoms with E-state index in [2.05, 4.69) is 6.58 Å². The minimum Gasteiger partial charge on any atom is -0.491 e. The molecular formula is C17H15F3O2. The van der Waals surface area contributed by atoms with Gasteiger partial charge < -0.3 is 9.47 Å². The Morgan fingerprint density at radius 2 is 1.73 bits per heavy atom. The van der Waals surface area contributed by atoms with Crippen LogP contribution < -0.4 is 9.47 Å². The Kier molecular flexibility index (Phi) is 5.09. The lowest BCUT2D eigenvalue weighted by molar-refractivity contribution is 0.314. The zero-order valence-corrected chi connectivity index (χ0v) is 12.0. The van der Waals surface area contributed by atoms with Crippen LogP contribution in [0, 0.1) is 17.5 Å². The molecule has 0 radical (unpaired) electrons. The zero-order chi connectivity index (χ0) is 16.1. The number of hydrogen-bond donors (Lipinski definition) is 0. The molecule has 0 saturated carbocycles. The minimum absolute atomic E-state index is 0.0506. The standard InChI is InChI=1S/C17H15F3O2/c1-3-9-22-11-5-6-12(14(18)10-11)13-7-8-15(21-4-2)17(20)16(13)19/h3,5-8,10H,1,4,9H2,2H3. The lowest BCUT2D eigenvalue weighted by Crippen LogP contribution is -2.00. The average Bonchev–Trinajstić information content (AvgIpc) is 2.51. The van der Waals surface area contributed by atoms with E-state index in [9.17, 15) is 13.2 Å². The summed E-state index contributed by atoms with van der Waals surface area (Å²) in [4.78, 5) is 0. The van der Waals surface area contributed by atoms with Crippen molar-refractivity contribution in [3.05, 3.63) is 60.4 Å². The highest BCUT2D eigenvalue weighted by molar-refractivity contribution is 5.66. The topological polar surface area (TPSA) is 18.5 Å². The van der Waals surface area contributed by atoms with Crippen LogP contribution in [0.5, 0.6) is 11.5 Å². The molecule has 0 saturated heterocycles. The Bertz CT molecular complexity index is 684. The average molecular weight is 308 g/mol. The van der Waals surface area contributed by atoms with Gasteiger partial charge in [0.1, 0.15) is 18.2 Å². The smallest absolute Gasteiger partial charge is 0.201 e. The van der Waals surface area contributed by atoms with Gasteiger partial charge >= 0.3 is 0 Å². The molecule has 0 fully saturated rings. The molecule has 2 aromatic rings. The molecule has 0 spiro atoms. The van der Waals surface area contributed by atoms with Crippen molar-refractivity contribution in [2.45, 2.75) is 6.92 Å². The van der Waals surface area contributed by atoms with Gasteiger partial charge in [-0.3, -0.25) is 0 Å². The van der Waals surface area contributed by atoms with Crippen LogP contribution in [0.2, 0.25) is 0 Å². The second-order valence-electron chi connectivity index (χ2n) is 4.41. The van der Waals surface area contributed by atoms with Gasteiger partial charge in [0.05, 0.1) is 6.61 Å². The molecule has 2 nitrogen and oxygen atoms in total. The van der Waals surface area contributed by atoms with Crippen molar-refractivity contribution in [3.63, 3.8) is 0 Å². The van der Waals surface area contributed by atoms with Gasteiger partial charge in [-0.2, -0.15) is 4.39 Å². The molecule has 22 heavy (non-hydrogen) atoms. The molecule has 0 N–H and O–H groups in total. The van der Waals surface area contributed by atoms with Gasteiger partial charge in [0, 0.05) is 17.2 Å². The summed E-state index contributed by atoms with van der Waals surface area (Å²) in [6.07, 6.45) is 1.52. The maximum Gasteiger partial charge on any atom is 0.201 e. The third-order valence-electron chi connectivity index (χ3n) is 2.95. The van der Waals surface area contributed by atoms with Gasteiger partial charge in [-0.05, 0) is 31.2 Å². The molecular weight excluding hydrogens is 293 g/mol. The number of halogens is 3. The first-order valence-corrected chi connectivity index (χ1v) is 6.72. The fourth-order valence-corrected chi connectivity index (χ4v) is 1.97. The zero-order valence-electron chi connectivity index (χ0n) is 12.0. The normalized spacial score (nSPS) is 10.4. The summed E-state index contributed by atoms with van der Waals surface area (Å²) in [5.74, 6) is -2.90.